The third-order valence-electron chi connectivity index (χ3n) is 4.74. The number of nitrogens with one attached hydrogen (secondary N) is 1. The summed E-state index contributed by atoms with van der Waals surface area (Å²) in [6, 6.07) is 8.36. The Morgan fingerprint density at radius 3 is 2.68 bits per heavy atom. The third-order valence-corrected chi connectivity index (χ3v) is 4.74. The summed E-state index contributed by atoms with van der Waals surface area (Å²) in [5.74, 6) is 0.966. The zero-order chi connectivity index (χ0) is 13.4. The van der Waals surface area contributed by atoms with E-state index < -0.39 is 0 Å². The maximum Gasteiger partial charge on any atom is 0.119 e. The van der Waals surface area contributed by atoms with E-state index >= 15 is 0 Å². The van der Waals surface area contributed by atoms with Crippen molar-refractivity contribution in [1.29, 1.82) is 0 Å². The molecule has 0 aromatic heterocycles. The van der Waals surface area contributed by atoms with Gasteiger partial charge >= 0.3 is 0 Å². The maximum atomic E-state index is 5.39. The van der Waals surface area contributed by atoms with Gasteiger partial charge < -0.3 is 10.1 Å². The molecule has 1 saturated carbocycles. The smallest absolute Gasteiger partial charge is 0.119 e. The number of methoxy groups -OCH3 is 1. The molecular formula is C16H24N2O. The molecule has 1 aromatic rings. The summed E-state index contributed by atoms with van der Waals surface area (Å²) in [5, 5.41) is 3.53. The summed E-state index contributed by atoms with van der Waals surface area (Å²) in [7, 11) is 6.11. The van der Waals surface area contributed by atoms with Gasteiger partial charge in [0, 0.05) is 18.1 Å². The van der Waals surface area contributed by atoms with Crippen LogP contribution >= 0.6 is 0 Å². The van der Waals surface area contributed by atoms with Gasteiger partial charge in [0.25, 0.3) is 0 Å². The number of rotatable bonds is 4. The maximum absolute atomic E-state index is 5.39. The Morgan fingerprint density at radius 2 is 2.05 bits per heavy atom. The number of aryl methyl sites for hydroxylation is 1. The van der Waals surface area contributed by atoms with E-state index in [0.717, 1.165) is 11.8 Å². The Balaban J connectivity index is 1.91. The molecule has 19 heavy (non-hydrogen) atoms. The Kier molecular flexibility index (Phi) is 3.50. The van der Waals surface area contributed by atoms with Crippen LogP contribution in [-0.2, 0) is 6.42 Å². The molecule has 1 N–H and O–H groups in total. The highest BCUT2D eigenvalue weighted by molar-refractivity contribution is 5.40. The second-order valence-corrected chi connectivity index (χ2v) is 5.83. The fourth-order valence-corrected chi connectivity index (χ4v) is 3.43. The molecule has 0 aliphatic heterocycles. The van der Waals surface area contributed by atoms with Crippen LogP contribution in [-0.4, -0.2) is 38.2 Å². The second-order valence-electron chi connectivity index (χ2n) is 5.83. The predicted octanol–water partition coefficient (Wildman–Crippen LogP) is 2.36. The minimum absolute atomic E-state index is 0.421. The van der Waals surface area contributed by atoms with E-state index in [1.54, 1.807) is 7.11 Å². The number of benzene rings is 1. The van der Waals surface area contributed by atoms with Crippen molar-refractivity contribution in [3.63, 3.8) is 0 Å². The van der Waals surface area contributed by atoms with Gasteiger partial charge in [0.1, 0.15) is 5.75 Å². The van der Waals surface area contributed by atoms with Crippen LogP contribution in [0.5, 0.6) is 5.75 Å². The number of hydrogen-bond donors (Lipinski definition) is 1. The molecule has 0 saturated heterocycles. The van der Waals surface area contributed by atoms with Crippen LogP contribution in [0.4, 0.5) is 0 Å². The van der Waals surface area contributed by atoms with Crippen molar-refractivity contribution in [3.05, 3.63) is 29.3 Å². The lowest BCUT2D eigenvalue weighted by atomic mass is 9.83. The molecular weight excluding hydrogens is 236 g/mol. The van der Waals surface area contributed by atoms with Gasteiger partial charge in [-0.1, -0.05) is 6.07 Å². The Morgan fingerprint density at radius 1 is 1.26 bits per heavy atom. The summed E-state index contributed by atoms with van der Waals surface area (Å²) >= 11 is 0. The van der Waals surface area contributed by atoms with E-state index in [2.05, 4.69) is 42.5 Å². The molecule has 1 fully saturated rings. The summed E-state index contributed by atoms with van der Waals surface area (Å²) in [4.78, 5) is 2.59. The van der Waals surface area contributed by atoms with E-state index in [0.29, 0.717) is 12.1 Å². The quantitative estimate of drug-likeness (QED) is 0.899. The summed E-state index contributed by atoms with van der Waals surface area (Å²) in [5.41, 5.74) is 2.89. The lowest BCUT2D eigenvalue weighted by Crippen LogP contribution is -2.45. The summed E-state index contributed by atoms with van der Waals surface area (Å²) < 4.78 is 5.39. The van der Waals surface area contributed by atoms with Crippen molar-refractivity contribution >= 4 is 0 Å². The van der Waals surface area contributed by atoms with Crippen molar-refractivity contribution in [2.24, 2.45) is 0 Å². The highest BCUT2D eigenvalue weighted by atomic mass is 16.5. The van der Waals surface area contributed by atoms with E-state index in [9.17, 15) is 0 Å². The van der Waals surface area contributed by atoms with Gasteiger partial charge in [-0.15, -0.1) is 0 Å². The number of nitrogens with zero attached hydrogens (tertiary/aromatic N) is 1. The molecule has 2 aliphatic carbocycles. The van der Waals surface area contributed by atoms with Gasteiger partial charge in [-0.2, -0.15) is 0 Å². The molecule has 3 nitrogen and oxygen atoms in total. The SMILES string of the molecule is CNC1c2cc(OC)ccc2CCC1N(C)C1CC1. The van der Waals surface area contributed by atoms with Gasteiger partial charge in [0.05, 0.1) is 7.11 Å². The van der Waals surface area contributed by atoms with E-state index in [1.165, 1.54) is 36.8 Å². The molecule has 0 heterocycles. The highest BCUT2D eigenvalue weighted by Crippen LogP contribution is 2.38. The zero-order valence-electron chi connectivity index (χ0n) is 12.1. The third kappa shape index (κ3) is 2.37. The standard InChI is InChI=1S/C16H24N2O/c1-17-16-14-10-13(19-3)8-4-11(14)5-9-15(16)18(2)12-6-7-12/h4,8,10,12,15-17H,5-7,9H2,1-3H3. The summed E-state index contributed by atoms with van der Waals surface area (Å²) in [6.07, 6.45) is 5.17. The number of likely N-dealkylation sites (N-methyl/N-ethyl adjacent to an activating group) is 2. The highest BCUT2D eigenvalue weighted by Gasteiger charge is 2.37. The Bertz CT molecular complexity index is 456. The average Bonchev–Trinajstić information content (AvgIpc) is 3.29. The number of fused-ring (bicyclic) bond motifs is 1. The number of hydrogen-bond acceptors (Lipinski definition) is 3. The molecule has 2 unspecified atom stereocenters. The van der Waals surface area contributed by atoms with Crippen LogP contribution in [0.25, 0.3) is 0 Å². The zero-order valence-corrected chi connectivity index (χ0v) is 12.1. The number of ether oxygens (including phenoxy) is 1. The molecule has 1 aromatic carbocycles. The molecule has 0 amide bonds. The van der Waals surface area contributed by atoms with Crippen molar-refractivity contribution in [2.75, 3.05) is 21.2 Å². The van der Waals surface area contributed by atoms with Crippen molar-refractivity contribution in [3.8, 4) is 5.75 Å². The normalized spacial score (nSPS) is 26.3. The van der Waals surface area contributed by atoms with Crippen molar-refractivity contribution in [1.82, 2.24) is 10.2 Å². The van der Waals surface area contributed by atoms with Gasteiger partial charge in [-0.05, 0) is 63.0 Å². The Hall–Kier alpha value is -1.06. The van der Waals surface area contributed by atoms with E-state index in [4.69, 9.17) is 4.74 Å². The van der Waals surface area contributed by atoms with Crippen molar-refractivity contribution in [2.45, 2.75) is 43.8 Å². The molecule has 0 bridgehead atoms. The van der Waals surface area contributed by atoms with Crippen LogP contribution in [0.1, 0.15) is 36.4 Å². The monoisotopic (exact) mass is 260 g/mol. The van der Waals surface area contributed by atoms with Crippen LogP contribution < -0.4 is 10.1 Å². The minimum Gasteiger partial charge on any atom is -0.497 e. The molecule has 2 atom stereocenters. The van der Waals surface area contributed by atoms with E-state index in [-0.39, 0.29) is 0 Å². The van der Waals surface area contributed by atoms with Crippen LogP contribution in [0, 0.1) is 0 Å². The second kappa shape index (κ2) is 5.14. The predicted molar refractivity (Wildman–Crippen MR) is 77.7 cm³/mol. The van der Waals surface area contributed by atoms with Gasteiger partial charge in [-0.3, -0.25) is 4.90 Å². The molecule has 2 aliphatic rings. The summed E-state index contributed by atoms with van der Waals surface area (Å²) in [6.45, 7) is 0. The first-order valence-electron chi connectivity index (χ1n) is 7.30. The molecule has 3 rings (SSSR count). The molecule has 0 radical (unpaired) electrons. The fraction of sp³-hybridized carbons (Fsp3) is 0.625. The Labute approximate surface area is 115 Å². The largest absolute Gasteiger partial charge is 0.497 e. The minimum atomic E-state index is 0.421. The first-order chi connectivity index (χ1) is 9.24. The first-order valence-corrected chi connectivity index (χ1v) is 7.30. The van der Waals surface area contributed by atoms with Crippen LogP contribution in [0.15, 0.2) is 18.2 Å². The molecule has 0 spiro atoms. The van der Waals surface area contributed by atoms with Gasteiger partial charge in [0.2, 0.25) is 0 Å². The lowest BCUT2D eigenvalue weighted by Gasteiger charge is -2.39. The average molecular weight is 260 g/mol. The van der Waals surface area contributed by atoms with E-state index in [1.807, 2.05) is 0 Å². The molecule has 104 valence electrons. The fourth-order valence-electron chi connectivity index (χ4n) is 3.43. The van der Waals surface area contributed by atoms with Crippen molar-refractivity contribution < 1.29 is 4.74 Å². The topological polar surface area (TPSA) is 24.5 Å². The van der Waals surface area contributed by atoms with Gasteiger partial charge in [0.15, 0.2) is 0 Å². The molecule has 3 heteroatoms. The van der Waals surface area contributed by atoms with Crippen LogP contribution in [0.2, 0.25) is 0 Å². The van der Waals surface area contributed by atoms with Crippen LogP contribution in [0.3, 0.4) is 0 Å². The lowest BCUT2D eigenvalue weighted by molar-refractivity contribution is 0.169. The van der Waals surface area contributed by atoms with Gasteiger partial charge in [-0.25, -0.2) is 0 Å². The first kappa shape index (κ1) is 12.9.